The van der Waals surface area contributed by atoms with Gasteiger partial charge in [-0.1, -0.05) is 84.5 Å². The van der Waals surface area contributed by atoms with E-state index in [9.17, 15) is 0 Å². The molecule has 0 heterocycles. The fourth-order valence-corrected chi connectivity index (χ4v) is 3.61. The maximum atomic E-state index is 2.30. The van der Waals surface area contributed by atoms with E-state index in [-0.39, 0.29) is 0 Å². The summed E-state index contributed by atoms with van der Waals surface area (Å²) in [7, 11) is 1.26. The first-order valence-corrected chi connectivity index (χ1v) is 10.0. The Bertz CT molecular complexity index is 118. The van der Waals surface area contributed by atoms with E-state index >= 15 is 0 Å². The summed E-state index contributed by atoms with van der Waals surface area (Å²) in [6, 6.07) is 0. The highest BCUT2D eigenvalue weighted by Crippen LogP contribution is 2.17. The molecule has 0 saturated heterocycles. The normalized spacial score (nSPS) is 11.7. The van der Waals surface area contributed by atoms with Crippen molar-refractivity contribution < 1.29 is 0 Å². The number of hydrogen-bond donors (Lipinski definition) is 0. The van der Waals surface area contributed by atoms with Gasteiger partial charge in [0.25, 0.3) is 0 Å². The van der Waals surface area contributed by atoms with Gasteiger partial charge >= 0.3 is 0 Å². The summed E-state index contributed by atoms with van der Waals surface area (Å²) in [4.78, 5) is 0. The van der Waals surface area contributed by atoms with Crippen LogP contribution in [0.5, 0.6) is 0 Å². The number of hydrogen-bond acceptors (Lipinski definition) is 0. The Labute approximate surface area is 118 Å². The molecule has 0 aliphatic carbocycles. The lowest BCUT2D eigenvalue weighted by atomic mass is 10.1. The SMILES string of the molecule is CCCCCCCCCCCPCCCCCC. The molecular formula is C17H37P. The highest BCUT2D eigenvalue weighted by Gasteiger charge is 1.93. The van der Waals surface area contributed by atoms with E-state index in [1.165, 1.54) is 104 Å². The molecule has 1 atom stereocenters. The first kappa shape index (κ1) is 18.4. The Kier molecular flexibility index (Phi) is 17.8. The third kappa shape index (κ3) is 16.4. The molecule has 0 aromatic rings. The quantitative estimate of drug-likeness (QED) is 0.228. The van der Waals surface area contributed by atoms with Crippen LogP contribution in [0, 0.1) is 0 Å². The van der Waals surface area contributed by atoms with Crippen molar-refractivity contribution >= 4 is 8.58 Å². The van der Waals surface area contributed by atoms with Gasteiger partial charge < -0.3 is 0 Å². The molecule has 0 spiro atoms. The highest BCUT2D eigenvalue weighted by molar-refractivity contribution is 7.37. The van der Waals surface area contributed by atoms with Crippen LogP contribution in [0.2, 0.25) is 0 Å². The van der Waals surface area contributed by atoms with Crippen LogP contribution < -0.4 is 0 Å². The summed E-state index contributed by atoms with van der Waals surface area (Å²) in [5.74, 6) is 0. The maximum Gasteiger partial charge on any atom is -0.0353 e. The lowest BCUT2D eigenvalue weighted by Gasteiger charge is -2.03. The summed E-state index contributed by atoms with van der Waals surface area (Å²) in [6.45, 7) is 4.59. The van der Waals surface area contributed by atoms with Gasteiger partial charge in [0.2, 0.25) is 0 Å². The van der Waals surface area contributed by atoms with Gasteiger partial charge in [-0.3, -0.25) is 0 Å². The van der Waals surface area contributed by atoms with Crippen molar-refractivity contribution in [2.75, 3.05) is 12.3 Å². The summed E-state index contributed by atoms with van der Waals surface area (Å²) in [5, 5.41) is 0. The van der Waals surface area contributed by atoms with Crippen LogP contribution in [0.1, 0.15) is 97.3 Å². The summed E-state index contributed by atoms with van der Waals surface area (Å²) in [6.07, 6.45) is 22.0. The summed E-state index contributed by atoms with van der Waals surface area (Å²) < 4.78 is 0. The lowest BCUT2D eigenvalue weighted by Crippen LogP contribution is -1.84. The van der Waals surface area contributed by atoms with Gasteiger partial charge in [0, 0.05) is 0 Å². The second-order valence-corrected chi connectivity index (χ2v) is 7.14. The average Bonchev–Trinajstić information content (AvgIpc) is 2.39. The van der Waals surface area contributed by atoms with Crippen molar-refractivity contribution in [3.8, 4) is 0 Å². The van der Waals surface area contributed by atoms with E-state index in [0.717, 1.165) is 0 Å². The molecule has 0 fully saturated rings. The van der Waals surface area contributed by atoms with Crippen molar-refractivity contribution in [3.05, 3.63) is 0 Å². The smallest absolute Gasteiger partial charge is 0.0353 e. The summed E-state index contributed by atoms with van der Waals surface area (Å²) in [5.41, 5.74) is 0. The minimum atomic E-state index is 1.26. The third-order valence-electron chi connectivity index (χ3n) is 3.66. The largest absolute Gasteiger partial charge is 0.122 e. The molecule has 18 heavy (non-hydrogen) atoms. The van der Waals surface area contributed by atoms with E-state index in [2.05, 4.69) is 13.8 Å². The Hall–Kier alpha value is 0.430. The molecule has 0 saturated carbocycles. The van der Waals surface area contributed by atoms with Gasteiger partial charge in [-0.25, -0.2) is 0 Å². The van der Waals surface area contributed by atoms with Crippen LogP contribution in [-0.4, -0.2) is 12.3 Å². The first-order chi connectivity index (χ1) is 8.91. The molecule has 1 heteroatoms. The number of rotatable bonds is 15. The zero-order valence-electron chi connectivity index (χ0n) is 13.1. The van der Waals surface area contributed by atoms with E-state index in [1.54, 1.807) is 0 Å². The van der Waals surface area contributed by atoms with Crippen LogP contribution in [0.15, 0.2) is 0 Å². The average molecular weight is 272 g/mol. The molecule has 110 valence electrons. The Morgan fingerprint density at radius 1 is 0.444 bits per heavy atom. The molecular weight excluding hydrogens is 235 g/mol. The van der Waals surface area contributed by atoms with E-state index in [1.807, 2.05) is 0 Å². The Morgan fingerprint density at radius 2 is 0.778 bits per heavy atom. The van der Waals surface area contributed by atoms with Gasteiger partial charge in [-0.15, -0.1) is 8.58 Å². The van der Waals surface area contributed by atoms with Gasteiger partial charge in [-0.05, 0) is 25.2 Å². The van der Waals surface area contributed by atoms with E-state index in [4.69, 9.17) is 0 Å². The van der Waals surface area contributed by atoms with Gasteiger partial charge in [0.05, 0.1) is 0 Å². The van der Waals surface area contributed by atoms with E-state index < -0.39 is 0 Å². The van der Waals surface area contributed by atoms with Crippen molar-refractivity contribution in [1.29, 1.82) is 0 Å². The molecule has 0 radical (unpaired) electrons. The topological polar surface area (TPSA) is 0 Å². The molecule has 0 bridgehead atoms. The van der Waals surface area contributed by atoms with Gasteiger partial charge in [-0.2, -0.15) is 0 Å². The summed E-state index contributed by atoms with van der Waals surface area (Å²) >= 11 is 0. The molecule has 0 aromatic carbocycles. The molecule has 0 aliphatic rings. The van der Waals surface area contributed by atoms with Gasteiger partial charge in [0.1, 0.15) is 0 Å². The first-order valence-electron chi connectivity index (χ1n) is 8.62. The Balaban J connectivity index is 2.86. The fourth-order valence-electron chi connectivity index (χ4n) is 2.36. The van der Waals surface area contributed by atoms with Crippen LogP contribution in [-0.2, 0) is 0 Å². The standard InChI is InChI=1S/C17H37P/c1-3-5-7-9-10-11-12-13-15-17-18-16-14-8-6-4-2/h18H,3-17H2,1-2H3. The third-order valence-corrected chi connectivity index (χ3v) is 5.08. The van der Waals surface area contributed by atoms with Crippen molar-refractivity contribution in [2.24, 2.45) is 0 Å². The molecule has 0 rings (SSSR count). The Morgan fingerprint density at radius 3 is 1.22 bits per heavy atom. The second-order valence-electron chi connectivity index (χ2n) is 5.64. The predicted octanol–water partition coefficient (Wildman–Crippen LogP) is 6.78. The van der Waals surface area contributed by atoms with Crippen LogP contribution in [0.4, 0.5) is 0 Å². The van der Waals surface area contributed by atoms with Crippen LogP contribution >= 0.6 is 8.58 Å². The van der Waals surface area contributed by atoms with Crippen LogP contribution in [0.25, 0.3) is 0 Å². The fraction of sp³-hybridized carbons (Fsp3) is 1.00. The zero-order valence-corrected chi connectivity index (χ0v) is 14.1. The van der Waals surface area contributed by atoms with E-state index in [0.29, 0.717) is 0 Å². The van der Waals surface area contributed by atoms with Gasteiger partial charge in [0.15, 0.2) is 0 Å². The van der Waals surface area contributed by atoms with Crippen LogP contribution in [0.3, 0.4) is 0 Å². The zero-order chi connectivity index (χ0) is 13.3. The minimum absolute atomic E-state index is 1.26. The molecule has 1 unspecified atom stereocenters. The molecule has 0 aromatic heterocycles. The monoisotopic (exact) mass is 272 g/mol. The second kappa shape index (κ2) is 17.4. The minimum Gasteiger partial charge on any atom is -0.122 e. The predicted molar refractivity (Wildman–Crippen MR) is 89.4 cm³/mol. The van der Waals surface area contributed by atoms with Crippen molar-refractivity contribution in [2.45, 2.75) is 97.3 Å². The highest BCUT2D eigenvalue weighted by atomic mass is 31.1. The van der Waals surface area contributed by atoms with Crippen molar-refractivity contribution in [3.63, 3.8) is 0 Å². The molecule has 0 nitrogen and oxygen atoms in total. The molecule has 0 amide bonds. The molecule has 0 N–H and O–H groups in total. The van der Waals surface area contributed by atoms with Crippen molar-refractivity contribution in [1.82, 2.24) is 0 Å². The number of unbranched alkanes of at least 4 members (excludes halogenated alkanes) is 11. The molecule has 0 aliphatic heterocycles. The maximum absolute atomic E-state index is 2.30. The lowest BCUT2D eigenvalue weighted by molar-refractivity contribution is 0.573.